The van der Waals surface area contributed by atoms with E-state index in [1.807, 2.05) is 29.9 Å². The molecule has 4 aliphatic carbocycles. The Morgan fingerprint density at radius 2 is 1.62 bits per heavy atom. The number of nitro groups is 1. The minimum absolute atomic E-state index is 0.0712. The van der Waals surface area contributed by atoms with Gasteiger partial charge in [0.2, 0.25) is 0 Å². The molecule has 0 radical (unpaired) electrons. The van der Waals surface area contributed by atoms with Crippen LogP contribution in [0.15, 0.2) is 24.3 Å². The summed E-state index contributed by atoms with van der Waals surface area (Å²) in [6.07, 6.45) is 6.23. The summed E-state index contributed by atoms with van der Waals surface area (Å²) in [4.78, 5) is 24.3. The van der Waals surface area contributed by atoms with E-state index < -0.39 is 5.54 Å². The third-order valence-corrected chi connectivity index (χ3v) is 7.24. The quantitative estimate of drug-likeness (QED) is 0.611. The maximum absolute atomic E-state index is 13.1. The number of hydrazine groups is 1. The molecule has 4 bridgehead atoms. The molecule has 5 fully saturated rings. The molecule has 1 heterocycles. The van der Waals surface area contributed by atoms with Crippen molar-refractivity contribution in [2.24, 2.45) is 23.7 Å². The topological polar surface area (TPSA) is 66.7 Å². The van der Waals surface area contributed by atoms with Crippen molar-refractivity contribution in [1.29, 1.82) is 0 Å². The molecule has 0 N–H and O–H groups in total. The summed E-state index contributed by atoms with van der Waals surface area (Å²) in [6, 6.07) is 7.02. The van der Waals surface area contributed by atoms with Crippen molar-refractivity contribution in [2.75, 3.05) is 5.01 Å². The van der Waals surface area contributed by atoms with E-state index in [1.165, 1.54) is 38.2 Å². The zero-order valence-corrected chi connectivity index (χ0v) is 15.3. The number of nitro benzene ring substituents is 1. The van der Waals surface area contributed by atoms with Gasteiger partial charge in [-0.2, -0.15) is 0 Å². The molecule has 138 valence electrons. The van der Waals surface area contributed by atoms with Crippen LogP contribution in [0.3, 0.4) is 0 Å². The molecule has 0 atom stereocenters. The Kier molecular flexibility index (Phi) is 3.22. The van der Waals surface area contributed by atoms with Crippen molar-refractivity contribution >= 4 is 17.3 Å². The van der Waals surface area contributed by atoms with E-state index >= 15 is 0 Å². The van der Waals surface area contributed by atoms with Crippen LogP contribution in [0, 0.1) is 33.8 Å². The van der Waals surface area contributed by atoms with E-state index in [0.717, 1.165) is 11.8 Å². The minimum atomic E-state index is -0.735. The normalized spacial score (nSPS) is 37.0. The maximum Gasteiger partial charge on any atom is 0.294 e. The van der Waals surface area contributed by atoms with Crippen molar-refractivity contribution in [2.45, 2.75) is 57.5 Å². The van der Waals surface area contributed by atoms with E-state index in [9.17, 15) is 14.9 Å². The second-order valence-electron chi connectivity index (χ2n) is 9.19. The Labute approximate surface area is 153 Å². The fraction of sp³-hybridized carbons (Fsp3) is 0.650. The molecule has 0 unspecified atom stereocenters. The lowest BCUT2D eigenvalue weighted by Crippen LogP contribution is -2.80. The van der Waals surface area contributed by atoms with E-state index in [-0.39, 0.29) is 22.6 Å². The fourth-order valence-electron chi connectivity index (χ4n) is 6.47. The number of carbonyl (C=O) groups excluding carboxylic acids is 1. The molecule has 1 aromatic rings. The number of rotatable bonds is 3. The molecule has 26 heavy (non-hydrogen) atoms. The Morgan fingerprint density at radius 3 is 2.19 bits per heavy atom. The second kappa shape index (κ2) is 5.21. The van der Waals surface area contributed by atoms with E-state index in [0.29, 0.717) is 17.5 Å². The lowest BCUT2D eigenvalue weighted by molar-refractivity contribution is -0.384. The fourth-order valence-corrected chi connectivity index (χ4v) is 6.47. The number of carbonyl (C=O) groups is 1. The van der Waals surface area contributed by atoms with Gasteiger partial charge in [0.25, 0.3) is 11.6 Å². The first-order chi connectivity index (χ1) is 12.4. The molecule has 1 aromatic carbocycles. The maximum atomic E-state index is 13.1. The van der Waals surface area contributed by atoms with Crippen molar-refractivity contribution < 1.29 is 9.72 Å². The van der Waals surface area contributed by atoms with Crippen LogP contribution in [0.25, 0.3) is 0 Å². The molecular formula is C20H25N3O3. The standard InChI is InChI=1S/C20H25N3O3/c1-20(2)19(24)21(22(20)16-5-3-4-6-17(16)23(25)26)18-14-8-12-7-13(10-14)11-15(18)9-12/h3-6,12-15,18H,7-11H2,1-2H3. The van der Waals surface area contributed by atoms with E-state index in [1.54, 1.807) is 12.1 Å². The first-order valence-electron chi connectivity index (χ1n) is 9.75. The lowest BCUT2D eigenvalue weighted by Gasteiger charge is -2.65. The van der Waals surface area contributed by atoms with Crippen LogP contribution in [-0.4, -0.2) is 27.4 Å². The molecule has 0 aromatic heterocycles. The summed E-state index contributed by atoms with van der Waals surface area (Å²) in [6.45, 7) is 3.75. The van der Waals surface area contributed by atoms with Gasteiger partial charge < -0.3 is 0 Å². The Balaban J connectivity index is 1.55. The summed E-state index contributed by atoms with van der Waals surface area (Å²) in [7, 11) is 0. The largest absolute Gasteiger partial charge is 0.294 e. The van der Waals surface area contributed by atoms with Gasteiger partial charge in [0, 0.05) is 6.07 Å². The molecule has 6 rings (SSSR count). The van der Waals surface area contributed by atoms with Gasteiger partial charge in [-0.05, 0) is 75.7 Å². The summed E-state index contributed by atoms with van der Waals surface area (Å²) in [5.74, 6) is 2.87. The summed E-state index contributed by atoms with van der Waals surface area (Å²) in [5, 5.41) is 15.4. The van der Waals surface area contributed by atoms with Crippen LogP contribution in [0.4, 0.5) is 11.4 Å². The van der Waals surface area contributed by atoms with E-state index in [4.69, 9.17) is 0 Å². The summed E-state index contributed by atoms with van der Waals surface area (Å²) < 4.78 is 0. The lowest BCUT2D eigenvalue weighted by atomic mass is 9.53. The highest BCUT2D eigenvalue weighted by molar-refractivity contribution is 5.99. The zero-order valence-electron chi connectivity index (χ0n) is 15.3. The van der Waals surface area contributed by atoms with Crippen LogP contribution < -0.4 is 5.01 Å². The molecule has 1 amide bonds. The average Bonchev–Trinajstić information content (AvgIpc) is 2.59. The SMILES string of the molecule is CC1(C)C(=O)N(C2C3CC4CC(C3)CC2C4)N1c1ccccc1[N+](=O)[O-]. The number of anilines is 1. The highest BCUT2D eigenvalue weighted by Gasteiger charge is 2.62. The monoisotopic (exact) mass is 355 g/mol. The summed E-state index contributed by atoms with van der Waals surface area (Å²) >= 11 is 0. The molecule has 1 saturated heterocycles. The van der Waals surface area contributed by atoms with Crippen LogP contribution in [0.1, 0.15) is 46.0 Å². The number of hydrogen-bond donors (Lipinski definition) is 0. The van der Waals surface area contributed by atoms with Crippen molar-refractivity contribution in [3.63, 3.8) is 0 Å². The highest BCUT2D eigenvalue weighted by Crippen LogP contribution is 2.57. The average molecular weight is 355 g/mol. The van der Waals surface area contributed by atoms with Gasteiger partial charge in [-0.25, -0.2) is 5.01 Å². The molecule has 6 heteroatoms. The number of nitrogens with zero attached hydrogens (tertiary/aromatic N) is 3. The second-order valence-corrected chi connectivity index (χ2v) is 9.19. The van der Waals surface area contributed by atoms with Gasteiger partial charge in [0.05, 0.1) is 11.0 Å². The van der Waals surface area contributed by atoms with Gasteiger partial charge in [-0.1, -0.05) is 12.1 Å². The molecule has 4 saturated carbocycles. The third kappa shape index (κ3) is 2.01. The molecule has 0 spiro atoms. The Hall–Kier alpha value is -2.11. The van der Waals surface area contributed by atoms with Crippen LogP contribution in [0.5, 0.6) is 0 Å². The first-order valence-corrected chi connectivity index (χ1v) is 9.75. The van der Waals surface area contributed by atoms with Crippen LogP contribution in [0.2, 0.25) is 0 Å². The first kappa shape index (κ1) is 16.1. The number of benzene rings is 1. The van der Waals surface area contributed by atoms with Crippen molar-refractivity contribution in [3.05, 3.63) is 34.4 Å². The van der Waals surface area contributed by atoms with Crippen molar-refractivity contribution in [1.82, 2.24) is 5.01 Å². The minimum Gasteiger partial charge on any atom is -0.270 e. The van der Waals surface area contributed by atoms with E-state index in [2.05, 4.69) is 0 Å². The number of amides is 1. The predicted molar refractivity (Wildman–Crippen MR) is 97.3 cm³/mol. The van der Waals surface area contributed by atoms with Gasteiger partial charge >= 0.3 is 0 Å². The van der Waals surface area contributed by atoms with Crippen molar-refractivity contribution in [3.8, 4) is 0 Å². The molecule has 1 aliphatic heterocycles. The predicted octanol–water partition coefficient (Wildman–Crippen LogP) is 3.76. The summed E-state index contributed by atoms with van der Waals surface area (Å²) in [5.41, 5.74) is -0.126. The molecule has 5 aliphatic rings. The van der Waals surface area contributed by atoms with Gasteiger partial charge in [0.1, 0.15) is 11.2 Å². The van der Waals surface area contributed by atoms with Crippen LogP contribution >= 0.6 is 0 Å². The molecular weight excluding hydrogens is 330 g/mol. The Morgan fingerprint density at radius 1 is 1.04 bits per heavy atom. The highest BCUT2D eigenvalue weighted by atomic mass is 16.6. The smallest absolute Gasteiger partial charge is 0.270 e. The van der Waals surface area contributed by atoms with Crippen LogP contribution in [-0.2, 0) is 4.79 Å². The molecule has 6 nitrogen and oxygen atoms in total. The number of hydrogen-bond acceptors (Lipinski definition) is 4. The van der Waals surface area contributed by atoms with Gasteiger partial charge in [-0.15, -0.1) is 0 Å². The zero-order chi connectivity index (χ0) is 18.2. The van der Waals surface area contributed by atoms with Gasteiger partial charge in [-0.3, -0.25) is 19.9 Å². The van der Waals surface area contributed by atoms with Gasteiger partial charge in [0.15, 0.2) is 0 Å². The Bertz CT molecular complexity index is 762. The third-order valence-electron chi connectivity index (χ3n) is 7.24. The number of para-hydroxylation sites is 2.